The van der Waals surface area contributed by atoms with E-state index in [0.29, 0.717) is 6.54 Å². The van der Waals surface area contributed by atoms with Gasteiger partial charge >= 0.3 is 0 Å². The van der Waals surface area contributed by atoms with Gasteiger partial charge in [0.05, 0.1) is 6.10 Å². The van der Waals surface area contributed by atoms with Gasteiger partial charge in [0, 0.05) is 17.6 Å². The second-order valence-electron chi connectivity index (χ2n) is 4.90. The molecule has 1 aromatic rings. The van der Waals surface area contributed by atoms with Gasteiger partial charge in [-0.3, -0.25) is 0 Å². The standard InChI is InChI=1S/C15H24BrNO3/c1-12(2)19-8-4-7-17-10-14(18)11-20-15-6-3-5-13(16)9-15/h3,5-6,9,12,14,17-18H,4,7-8,10-11H2,1-2H3/t14-/m1/s1. The number of aliphatic hydroxyl groups excluding tert-OH is 1. The molecule has 0 aliphatic rings. The van der Waals surface area contributed by atoms with Gasteiger partial charge in [0.15, 0.2) is 0 Å². The third-order valence-corrected chi connectivity index (χ3v) is 3.06. The first kappa shape index (κ1) is 17.4. The molecule has 0 unspecified atom stereocenters. The van der Waals surface area contributed by atoms with E-state index in [1.165, 1.54) is 0 Å². The minimum atomic E-state index is -0.514. The molecule has 0 saturated heterocycles. The van der Waals surface area contributed by atoms with Crippen LogP contribution >= 0.6 is 15.9 Å². The lowest BCUT2D eigenvalue weighted by molar-refractivity contribution is 0.0749. The number of hydrogen-bond acceptors (Lipinski definition) is 4. The van der Waals surface area contributed by atoms with Gasteiger partial charge in [0.1, 0.15) is 18.5 Å². The fraction of sp³-hybridized carbons (Fsp3) is 0.600. The Balaban J connectivity index is 2.04. The minimum absolute atomic E-state index is 0.277. The molecule has 5 heteroatoms. The summed E-state index contributed by atoms with van der Waals surface area (Å²) in [6.07, 6.45) is 0.705. The summed E-state index contributed by atoms with van der Waals surface area (Å²) in [6, 6.07) is 7.58. The highest BCUT2D eigenvalue weighted by molar-refractivity contribution is 9.10. The van der Waals surface area contributed by atoms with Crippen molar-refractivity contribution in [3.63, 3.8) is 0 Å². The summed E-state index contributed by atoms with van der Waals surface area (Å²) in [7, 11) is 0. The van der Waals surface area contributed by atoms with E-state index in [0.717, 1.165) is 29.8 Å². The molecule has 0 radical (unpaired) electrons. The van der Waals surface area contributed by atoms with Crippen molar-refractivity contribution in [2.45, 2.75) is 32.5 Å². The molecule has 0 aliphatic carbocycles. The van der Waals surface area contributed by atoms with Crippen molar-refractivity contribution in [3.05, 3.63) is 28.7 Å². The first-order valence-corrected chi connectivity index (χ1v) is 7.76. The van der Waals surface area contributed by atoms with Crippen molar-refractivity contribution < 1.29 is 14.6 Å². The smallest absolute Gasteiger partial charge is 0.120 e. The third-order valence-electron chi connectivity index (χ3n) is 2.57. The summed E-state index contributed by atoms with van der Waals surface area (Å²) >= 11 is 3.38. The van der Waals surface area contributed by atoms with Crippen molar-refractivity contribution >= 4 is 15.9 Å². The van der Waals surface area contributed by atoms with Crippen LogP contribution in [0.15, 0.2) is 28.7 Å². The van der Waals surface area contributed by atoms with Gasteiger partial charge in [0.2, 0.25) is 0 Å². The molecule has 0 spiro atoms. The molecule has 0 fully saturated rings. The Kier molecular flexibility index (Phi) is 8.85. The average Bonchev–Trinajstić information content (AvgIpc) is 2.40. The zero-order valence-corrected chi connectivity index (χ0v) is 13.7. The van der Waals surface area contributed by atoms with Crippen LogP contribution in [0.4, 0.5) is 0 Å². The maximum absolute atomic E-state index is 9.79. The molecular formula is C15H24BrNO3. The van der Waals surface area contributed by atoms with E-state index < -0.39 is 6.10 Å². The predicted molar refractivity (Wildman–Crippen MR) is 84.2 cm³/mol. The molecule has 20 heavy (non-hydrogen) atoms. The quantitative estimate of drug-likeness (QED) is 0.640. The lowest BCUT2D eigenvalue weighted by Gasteiger charge is -2.13. The SMILES string of the molecule is CC(C)OCCCNC[C@@H](O)COc1cccc(Br)c1. The van der Waals surface area contributed by atoms with E-state index in [2.05, 4.69) is 21.2 Å². The van der Waals surface area contributed by atoms with Gasteiger partial charge in [-0.05, 0) is 45.0 Å². The summed E-state index contributed by atoms with van der Waals surface area (Å²) in [5, 5.41) is 13.0. The molecule has 0 aliphatic heterocycles. The monoisotopic (exact) mass is 345 g/mol. The maximum atomic E-state index is 9.79. The molecule has 0 saturated carbocycles. The number of benzene rings is 1. The molecule has 1 atom stereocenters. The topological polar surface area (TPSA) is 50.7 Å². The molecule has 0 bridgehead atoms. The van der Waals surface area contributed by atoms with E-state index in [1.807, 2.05) is 38.1 Å². The molecule has 0 amide bonds. The third kappa shape index (κ3) is 8.53. The highest BCUT2D eigenvalue weighted by Gasteiger charge is 2.05. The fourth-order valence-electron chi connectivity index (χ4n) is 1.59. The van der Waals surface area contributed by atoms with E-state index in [1.54, 1.807) is 0 Å². The Labute approximate surface area is 129 Å². The van der Waals surface area contributed by atoms with Crippen molar-refractivity contribution in [1.82, 2.24) is 5.32 Å². The van der Waals surface area contributed by atoms with Gasteiger partial charge < -0.3 is 19.9 Å². The summed E-state index contributed by atoms with van der Waals surface area (Å²) < 4.78 is 11.9. The molecule has 0 heterocycles. The predicted octanol–water partition coefficient (Wildman–Crippen LogP) is 2.59. The number of aliphatic hydroxyl groups is 1. The summed E-state index contributed by atoms with van der Waals surface area (Å²) in [4.78, 5) is 0. The normalized spacial score (nSPS) is 12.7. The minimum Gasteiger partial charge on any atom is -0.491 e. The summed E-state index contributed by atoms with van der Waals surface area (Å²) in [6.45, 7) is 6.44. The van der Waals surface area contributed by atoms with E-state index >= 15 is 0 Å². The largest absolute Gasteiger partial charge is 0.491 e. The maximum Gasteiger partial charge on any atom is 0.120 e. The number of hydrogen-bond donors (Lipinski definition) is 2. The molecular weight excluding hydrogens is 322 g/mol. The van der Waals surface area contributed by atoms with Crippen LogP contribution in [-0.2, 0) is 4.74 Å². The van der Waals surface area contributed by atoms with Crippen LogP contribution in [0.2, 0.25) is 0 Å². The Bertz CT molecular complexity index is 374. The van der Waals surface area contributed by atoms with Crippen LogP contribution in [0, 0.1) is 0 Å². The lowest BCUT2D eigenvalue weighted by Crippen LogP contribution is -2.32. The number of halogens is 1. The molecule has 4 nitrogen and oxygen atoms in total. The number of rotatable bonds is 10. The second-order valence-corrected chi connectivity index (χ2v) is 5.82. The second kappa shape index (κ2) is 10.2. The average molecular weight is 346 g/mol. The van der Waals surface area contributed by atoms with Crippen molar-refractivity contribution in [3.8, 4) is 5.75 Å². The molecule has 114 valence electrons. The van der Waals surface area contributed by atoms with E-state index in [9.17, 15) is 5.11 Å². The molecule has 2 N–H and O–H groups in total. The van der Waals surface area contributed by atoms with Gasteiger partial charge in [-0.15, -0.1) is 0 Å². The molecule has 1 rings (SSSR count). The number of nitrogens with one attached hydrogen (secondary N) is 1. The van der Waals surface area contributed by atoms with Gasteiger partial charge in [0.25, 0.3) is 0 Å². The zero-order valence-electron chi connectivity index (χ0n) is 12.1. The highest BCUT2D eigenvalue weighted by Crippen LogP contribution is 2.17. The first-order valence-electron chi connectivity index (χ1n) is 6.96. The van der Waals surface area contributed by atoms with Crippen LogP contribution in [0.3, 0.4) is 0 Å². The van der Waals surface area contributed by atoms with E-state index in [-0.39, 0.29) is 12.7 Å². The summed E-state index contributed by atoms with van der Waals surface area (Å²) in [5.41, 5.74) is 0. The highest BCUT2D eigenvalue weighted by atomic mass is 79.9. The lowest BCUT2D eigenvalue weighted by atomic mass is 10.3. The molecule has 1 aromatic carbocycles. The van der Waals surface area contributed by atoms with Crippen molar-refractivity contribution in [2.24, 2.45) is 0 Å². The van der Waals surface area contributed by atoms with Crippen LogP contribution < -0.4 is 10.1 Å². The zero-order chi connectivity index (χ0) is 14.8. The summed E-state index contributed by atoms with van der Waals surface area (Å²) in [5.74, 6) is 0.753. The Hall–Kier alpha value is -0.620. The van der Waals surface area contributed by atoms with Crippen LogP contribution in [0.25, 0.3) is 0 Å². The number of ether oxygens (including phenoxy) is 2. The van der Waals surface area contributed by atoms with Crippen molar-refractivity contribution in [1.29, 1.82) is 0 Å². The van der Waals surface area contributed by atoms with Crippen LogP contribution in [0.1, 0.15) is 20.3 Å². The Morgan fingerprint density at radius 2 is 2.15 bits per heavy atom. The van der Waals surface area contributed by atoms with Gasteiger partial charge in [-0.1, -0.05) is 22.0 Å². The Morgan fingerprint density at radius 3 is 2.85 bits per heavy atom. The first-order chi connectivity index (χ1) is 9.58. The van der Waals surface area contributed by atoms with Crippen LogP contribution in [0.5, 0.6) is 5.75 Å². The van der Waals surface area contributed by atoms with Crippen molar-refractivity contribution in [2.75, 3.05) is 26.3 Å². The van der Waals surface area contributed by atoms with Gasteiger partial charge in [-0.2, -0.15) is 0 Å². The Morgan fingerprint density at radius 1 is 1.35 bits per heavy atom. The van der Waals surface area contributed by atoms with Gasteiger partial charge in [-0.25, -0.2) is 0 Å². The van der Waals surface area contributed by atoms with E-state index in [4.69, 9.17) is 9.47 Å². The molecule has 0 aromatic heterocycles. The fourth-order valence-corrected chi connectivity index (χ4v) is 1.97. The van der Waals surface area contributed by atoms with Crippen LogP contribution in [-0.4, -0.2) is 43.6 Å².